The van der Waals surface area contributed by atoms with Crippen molar-refractivity contribution in [2.24, 2.45) is 0 Å². The van der Waals surface area contributed by atoms with Crippen LogP contribution in [0.2, 0.25) is 0 Å². The minimum absolute atomic E-state index is 0.0428. The largest absolute Gasteiger partial charge is 0.411 e. The molecular weight excluding hydrogens is 353 g/mol. The van der Waals surface area contributed by atoms with Crippen LogP contribution in [0.5, 0.6) is 0 Å². The number of rotatable bonds is 8. The van der Waals surface area contributed by atoms with Crippen LogP contribution in [0.25, 0.3) is 0 Å². The number of hydrogen-bond acceptors (Lipinski definition) is 3. The van der Waals surface area contributed by atoms with Gasteiger partial charge in [-0.05, 0) is 29.3 Å². The summed E-state index contributed by atoms with van der Waals surface area (Å²) in [5, 5.41) is 4.37. The number of aromatic nitrogens is 2. The third-order valence-corrected chi connectivity index (χ3v) is 3.77. The normalized spacial score (nSPS) is 11.9. The maximum Gasteiger partial charge on any atom is 0.411 e. The predicted octanol–water partition coefficient (Wildman–Crippen LogP) is 3.31. The first kappa shape index (κ1) is 18.2. The number of ketones is 1. The number of Topliss-reactive ketones (excluding diaryl/α,β-unsaturated/α-hetero) is 1. The first-order valence-electron chi connectivity index (χ1n) is 6.68. The number of hydrogen-bond donors (Lipinski definition) is 0. The molecule has 1 aromatic heterocycles. The highest BCUT2D eigenvalue weighted by molar-refractivity contribution is 9.10. The van der Waals surface area contributed by atoms with Crippen LogP contribution in [0.1, 0.15) is 31.7 Å². The quantitative estimate of drug-likeness (QED) is 0.659. The van der Waals surface area contributed by atoms with Crippen molar-refractivity contribution < 1.29 is 22.7 Å². The molecule has 0 amide bonds. The number of aryl methyl sites for hydroxylation is 2. The van der Waals surface area contributed by atoms with E-state index >= 15 is 0 Å². The minimum Gasteiger partial charge on any atom is -0.372 e. The Hall–Kier alpha value is -0.890. The maximum atomic E-state index is 11.9. The summed E-state index contributed by atoms with van der Waals surface area (Å²) in [5.74, 6) is -0.171. The van der Waals surface area contributed by atoms with Crippen molar-refractivity contribution in [2.45, 2.75) is 45.8 Å². The first-order chi connectivity index (χ1) is 9.78. The van der Waals surface area contributed by atoms with Crippen molar-refractivity contribution in [3.63, 3.8) is 0 Å². The van der Waals surface area contributed by atoms with Gasteiger partial charge in [-0.1, -0.05) is 6.92 Å². The highest BCUT2D eigenvalue weighted by atomic mass is 79.9. The fourth-order valence-corrected chi connectivity index (χ4v) is 2.54. The molecule has 0 atom stereocenters. The SMILES string of the molecule is CCc1nn(CC)c(CC(=O)CCOCC(F)(F)F)c1Br. The van der Waals surface area contributed by atoms with Gasteiger partial charge < -0.3 is 4.74 Å². The molecule has 0 radical (unpaired) electrons. The second-order valence-electron chi connectivity index (χ2n) is 4.51. The average Bonchev–Trinajstić information content (AvgIpc) is 2.70. The van der Waals surface area contributed by atoms with Crippen LogP contribution in [0.3, 0.4) is 0 Å². The fourth-order valence-electron chi connectivity index (χ4n) is 1.84. The molecule has 0 saturated carbocycles. The Balaban J connectivity index is 2.53. The highest BCUT2D eigenvalue weighted by Crippen LogP contribution is 2.23. The Labute approximate surface area is 129 Å². The summed E-state index contributed by atoms with van der Waals surface area (Å²) in [6, 6.07) is 0. The Morgan fingerprint density at radius 2 is 2.05 bits per heavy atom. The van der Waals surface area contributed by atoms with E-state index in [2.05, 4.69) is 25.8 Å². The van der Waals surface area contributed by atoms with Crippen molar-refractivity contribution in [3.8, 4) is 0 Å². The zero-order valence-electron chi connectivity index (χ0n) is 12.0. The summed E-state index contributed by atoms with van der Waals surface area (Å²) in [6.07, 6.45) is -3.53. The fraction of sp³-hybridized carbons (Fsp3) is 0.692. The van der Waals surface area contributed by atoms with Gasteiger partial charge in [-0.25, -0.2) is 0 Å². The Bertz CT molecular complexity index is 486. The molecule has 1 heterocycles. The number of alkyl halides is 3. The van der Waals surface area contributed by atoms with E-state index in [-0.39, 0.29) is 25.2 Å². The highest BCUT2D eigenvalue weighted by Gasteiger charge is 2.27. The smallest absolute Gasteiger partial charge is 0.372 e. The van der Waals surface area contributed by atoms with E-state index in [1.165, 1.54) is 0 Å². The number of ether oxygens (including phenoxy) is 1. The number of halogens is 4. The second-order valence-corrected chi connectivity index (χ2v) is 5.30. The minimum atomic E-state index is -4.36. The van der Waals surface area contributed by atoms with Gasteiger partial charge in [-0.2, -0.15) is 18.3 Å². The molecular formula is C13H18BrF3N2O2. The van der Waals surface area contributed by atoms with Gasteiger partial charge in [0.15, 0.2) is 0 Å². The van der Waals surface area contributed by atoms with E-state index in [1.54, 1.807) is 4.68 Å². The lowest BCUT2D eigenvalue weighted by Gasteiger charge is -2.08. The van der Waals surface area contributed by atoms with E-state index in [0.29, 0.717) is 6.54 Å². The lowest BCUT2D eigenvalue weighted by Crippen LogP contribution is -2.19. The molecule has 0 fully saturated rings. The van der Waals surface area contributed by atoms with Crippen LogP contribution in [-0.2, 0) is 28.9 Å². The molecule has 0 saturated heterocycles. The van der Waals surface area contributed by atoms with Crippen molar-refractivity contribution in [3.05, 3.63) is 15.9 Å². The van der Waals surface area contributed by atoms with Gasteiger partial charge in [-0.15, -0.1) is 0 Å². The number of nitrogens with zero attached hydrogens (tertiary/aromatic N) is 2. The van der Waals surface area contributed by atoms with Gasteiger partial charge in [0.1, 0.15) is 12.4 Å². The summed E-state index contributed by atoms with van der Waals surface area (Å²) >= 11 is 3.42. The molecule has 0 spiro atoms. The molecule has 8 heteroatoms. The van der Waals surface area contributed by atoms with Crippen molar-refractivity contribution in [1.29, 1.82) is 0 Å². The number of carbonyl (C=O) groups is 1. The lowest BCUT2D eigenvalue weighted by molar-refractivity contribution is -0.174. The molecule has 0 aliphatic carbocycles. The molecule has 1 aromatic rings. The van der Waals surface area contributed by atoms with Gasteiger partial charge in [0.05, 0.1) is 22.5 Å². The van der Waals surface area contributed by atoms with Gasteiger partial charge in [0.25, 0.3) is 0 Å². The van der Waals surface area contributed by atoms with Crippen molar-refractivity contribution in [2.75, 3.05) is 13.2 Å². The van der Waals surface area contributed by atoms with E-state index in [9.17, 15) is 18.0 Å². The molecule has 120 valence electrons. The molecule has 1 rings (SSSR count). The standard InChI is InChI=1S/C13H18BrF3N2O2/c1-3-10-12(14)11(19(4-2)18-10)7-9(20)5-6-21-8-13(15,16)17/h3-8H2,1-2H3. The van der Waals surface area contributed by atoms with Crippen LogP contribution in [0, 0.1) is 0 Å². The third kappa shape index (κ3) is 5.78. The van der Waals surface area contributed by atoms with Crippen LogP contribution in [-0.4, -0.2) is 35.0 Å². The van der Waals surface area contributed by atoms with Crippen LogP contribution in [0.4, 0.5) is 13.2 Å². The van der Waals surface area contributed by atoms with Gasteiger partial charge in [0.2, 0.25) is 0 Å². The van der Waals surface area contributed by atoms with Crippen LogP contribution in [0.15, 0.2) is 4.47 Å². The summed E-state index contributed by atoms with van der Waals surface area (Å²) in [4.78, 5) is 11.8. The van der Waals surface area contributed by atoms with E-state index in [4.69, 9.17) is 0 Å². The molecule has 0 N–H and O–H groups in total. The molecule has 0 aliphatic rings. The molecule has 4 nitrogen and oxygen atoms in total. The monoisotopic (exact) mass is 370 g/mol. The molecule has 0 unspecified atom stereocenters. The maximum absolute atomic E-state index is 11.9. The number of carbonyl (C=O) groups excluding carboxylic acids is 1. The van der Waals surface area contributed by atoms with Crippen molar-refractivity contribution >= 4 is 21.7 Å². The molecule has 0 bridgehead atoms. The van der Waals surface area contributed by atoms with E-state index < -0.39 is 12.8 Å². The Morgan fingerprint density at radius 1 is 1.38 bits per heavy atom. The summed E-state index contributed by atoms with van der Waals surface area (Å²) in [5.41, 5.74) is 1.63. The predicted molar refractivity (Wildman–Crippen MR) is 75.2 cm³/mol. The van der Waals surface area contributed by atoms with Gasteiger partial charge in [0, 0.05) is 19.4 Å². The first-order valence-corrected chi connectivity index (χ1v) is 7.48. The summed E-state index contributed by atoms with van der Waals surface area (Å²) in [7, 11) is 0. The van der Waals surface area contributed by atoms with E-state index in [1.807, 2.05) is 13.8 Å². The van der Waals surface area contributed by atoms with Gasteiger partial charge >= 0.3 is 6.18 Å². The Kier molecular flexibility index (Phi) is 6.86. The topological polar surface area (TPSA) is 44.1 Å². The summed E-state index contributed by atoms with van der Waals surface area (Å²) < 4.78 is 42.7. The Morgan fingerprint density at radius 3 is 2.57 bits per heavy atom. The van der Waals surface area contributed by atoms with Crippen LogP contribution >= 0.6 is 15.9 Å². The van der Waals surface area contributed by atoms with Crippen LogP contribution < -0.4 is 0 Å². The lowest BCUT2D eigenvalue weighted by atomic mass is 10.1. The van der Waals surface area contributed by atoms with Gasteiger partial charge in [-0.3, -0.25) is 9.48 Å². The second kappa shape index (κ2) is 7.93. The molecule has 21 heavy (non-hydrogen) atoms. The molecule has 0 aliphatic heterocycles. The zero-order valence-corrected chi connectivity index (χ0v) is 13.6. The zero-order chi connectivity index (χ0) is 16.0. The molecule has 0 aromatic carbocycles. The van der Waals surface area contributed by atoms with Crippen molar-refractivity contribution in [1.82, 2.24) is 9.78 Å². The third-order valence-electron chi connectivity index (χ3n) is 2.85. The summed E-state index contributed by atoms with van der Waals surface area (Å²) in [6.45, 7) is 2.96. The van der Waals surface area contributed by atoms with E-state index in [0.717, 1.165) is 22.3 Å². The average molecular weight is 371 g/mol.